The molecule has 3 N–H and O–H groups in total. The molecule has 0 aliphatic heterocycles. The van der Waals surface area contributed by atoms with Crippen molar-refractivity contribution in [3.63, 3.8) is 0 Å². The number of aryl methyl sites for hydroxylation is 1. The molecule has 1 saturated carbocycles. The van der Waals surface area contributed by atoms with Gasteiger partial charge in [0, 0.05) is 18.7 Å². The summed E-state index contributed by atoms with van der Waals surface area (Å²) >= 11 is 0. The van der Waals surface area contributed by atoms with Crippen LogP contribution in [0.4, 0.5) is 5.82 Å². The Morgan fingerprint density at radius 1 is 1.50 bits per heavy atom. The fraction of sp³-hybridized carbons (Fsp3) is 0.571. The molecule has 0 spiro atoms. The van der Waals surface area contributed by atoms with E-state index in [-0.39, 0.29) is 11.9 Å². The average Bonchev–Trinajstić information content (AvgIpc) is 2.32. The van der Waals surface area contributed by atoms with Gasteiger partial charge in [0.15, 0.2) is 0 Å². The Kier molecular flexibility index (Phi) is 4.31. The fourth-order valence-corrected chi connectivity index (χ4v) is 2.53. The summed E-state index contributed by atoms with van der Waals surface area (Å²) < 4.78 is 0. The predicted octanol–water partition coefficient (Wildman–Crippen LogP) is 2.24. The summed E-state index contributed by atoms with van der Waals surface area (Å²) in [5, 5.41) is 2.84. The molecule has 1 aromatic heterocycles. The number of aromatic nitrogens is 1. The highest BCUT2D eigenvalue weighted by Crippen LogP contribution is 2.25. The van der Waals surface area contributed by atoms with Gasteiger partial charge in [0.2, 0.25) is 5.91 Å². The van der Waals surface area contributed by atoms with E-state index in [1.54, 1.807) is 6.20 Å². The van der Waals surface area contributed by atoms with Gasteiger partial charge in [0.05, 0.1) is 0 Å². The summed E-state index contributed by atoms with van der Waals surface area (Å²) in [6.45, 7) is 1.98. The summed E-state index contributed by atoms with van der Waals surface area (Å²) in [5.41, 5.74) is 7.14. The smallest absolute Gasteiger partial charge is 0.225 e. The Morgan fingerprint density at radius 2 is 2.28 bits per heavy atom. The molecule has 0 saturated heterocycles. The van der Waals surface area contributed by atoms with E-state index in [0.717, 1.165) is 18.4 Å². The summed E-state index contributed by atoms with van der Waals surface area (Å²) in [4.78, 5) is 16.1. The molecule has 1 aliphatic carbocycles. The molecular weight excluding hydrogens is 226 g/mol. The highest BCUT2D eigenvalue weighted by Gasteiger charge is 2.24. The second kappa shape index (κ2) is 5.96. The van der Waals surface area contributed by atoms with Gasteiger partial charge in [0.25, 0.3) is 0 Å². The van der Waals surface area contributed by atoms with Gasteiger partial charge in [-0.3, -0.25) is 4.79 Å². The van der Waals surface area contributed by atoms with E-state index in [1.165, 1.54) is 12.8 Å². The first-order valence-corrected chi connectivity index (χ1v) is 6.63. The van der Waals surface area contributed by atoms with Crippen molar-refractivity contribution in [2.75, 3.05) is 5.32 Å². The van der Waals surface area contributed by atoms with Crippen LogP contribution in [0, 0.1) is 12.8 Å². The Bertz CT molecular complexity index is 419. The zero-order valence-electron chi connectivity index (χ0n) is 10.9. The van der Waals surface area contributed by atoms with E-state index in [1.807, 2.05) is 19.1 Å². The minimum atomic E-state index is 0.0236. The van der Waals surface area contributed by atoms with Gasteiger partial charge in [-0.05, 0) is 43.4 Å². The van der Waals surface area contributed by atoms with E-state index < -0.39 is 0 Å². The predicted molar refractivity (Wildman–Crippen MR) is 72.2 cm³/mol. The number of rotatable bonds is 3. The van der Waals surface area contributed by atoms with E-state index in [9.17, 15) is 4.79 Å². The lowest BCUT2D eigenvalue weighted by Crippen LogP contribution is -2.35. The lowest BCUT2D eigenvalue weighted by atomic mass is 9.83. The largest absolute Gasteiger partial charge is 0.327 e. The van der Waals surface area contributed by atoms with Crippen molar-refractivity contribution < 1.29 is 4.79 Å². The maximum absolute atomic E-state index is 11.9. The minimum Gasteiger partial charge on any atom is -0.327 e. The molecule has 2 atom stereocenters. The SMILES string of the molecule is Cc1ccnc(NC(=O)CC2CCCCC2N)c1. The van der Waals surface area contributed by atoms with Gasteiger partial charge in [-0.25, -0.2) is 4.98 Å². The summed E-state index contributed by atoms with van der Waals surface area (Å²) in [6, 6.07) is 3.96. The molecule has 4 nitrogen and oxygen atoms in total. The van der Waals surface area contributed by atoms with E-state index in [0.29, 0.717) is 18.2 Å². The normalized spacial score (nSPS) is 23.7. The lowest BCUT2D eigenvalue weighted by molar-refractivity contribution is -0.117. The monoisotopic (exact) mass is 247 g/mol. The van der Waals surface area contributed by atoms with Crippen molar-refractivity contribution >= 4 is 11.7 Å². The summed E-state index contributed by atoms with van der Waals surface area (Å²) in [5.74, 6) is 0.975. The number of anilines is 1. The molecule has 1 aliphatic rings. The molecule has 98 valence electrons. The Labute approximate surface area is 108 Å². The number of hydrogen-bond donors (Lipinski definition) is 2. The Morgan fingerprint density at radius 3 is 3.00 bits per heavy atom. The van der Waals surface area contributed by atoms with Crippen LogP contribution in [-0.2, 0) is 4.79 Å². The fourth-order valence-electron chi connectivity index (χ4n) is 2.53. The highest BCUT2D eigenvalue weighted by atomic mass is 16.1. The third kappa shape index (κ3) is 3.53. The Balaban J connectivity index is 1.88. The van der Waals surface area contributed by atoms with Gasteiger partial charge in [-0.2, -0.15) is 0 Å². The van der Waals surface area contributed by atoms with Crippen LogP contribution in [0.15, 0.2) is 18.3 Å². The zero-order valence-corrected chi connectivity index (χ0v) is 10.9. The van der Waals surface area contributed by atoms with Gasteiger partial charge >= 0.3 is 0 Å². The van der Waals surface area contributed by atoms with E-state index >= 15 is 0 Å². The molecule has 0 bridgehead atoms. The molecule has 2 unspecified atom stereocenters. The second-order valence-electron chi connectivity index (χ2n) is 5.18. The van der Waals surface area contributed by atoms with Gasteiger partial charge in [-0.1, -0.05) is 12.8 Å². The molecule has 1 amide bonds. The van der Waals surface area contributed by atoms with Gasteiger partial charge in [-0.15, -0.1) is 0 Å². The van der Waals surface area contributed by atoms with Crippen molar-refractivity contribution in [2.24, 2.45) is 11.7 Å². The number of pyridine rings is 1. The number of carbonyl (C=O) groups is 1. The highest BCUT2D eigenvalue weighted by molar-refractivity contribution is 5.90. The molecule has 0 radical (unpaired) electrons. The van der Waals surface area contributed by atoms with Gasteiger partial charge in [0.1, 0.15) is 5.82 Å². The third-order valence-electron chi connectivity index (χ3n) is 3.60. The zero-order chi connectivity index (χ0) is 13.0. The summed E-state index contributed by atoms with van der Waals surface area (Å²) in [7, 11) is 0. The van der Waals surface area contributed by atoms with E-state index in [2.05, 4.69) is 10.3 Å². The number of nitrogens with zero attached hydrogens (tertiary/aromatic N) is 1. The van der Waals surface area contributed by atoms with Crippen LogP contribution in [0.1, 0.15) is 37.7 Å². The minimum absolute atomic E-state index is 0.0236. The first kappa shape index (κ1) is 13.0. The van der Waals surface area contributed by atoms with Crippen LogP contribution < -0.4 is 11.1 Å². The van der Waals surface area contributed by atoms with Crippen molar-refractivity contribution in [3.05, 3.63) is 23.9 Å². The van der Waals surface area contributed by atoms with Crippen LogP contribution in [0.3, 0.4) is 0 Å². The number of nitrogens with one attached hydrogen (secondary N) is 1. The standard InChI is InChI=1S/C14H21N3O/c1-10-6-7-16-13(8-10)17-14(18)9-11-4-2-3-5-12(11)15/h6-8,11-12H,2-5,9,15H2,1H3,(H,16,17,18). The van der Waals surface area contributed by atoms with Crippen molar-refractivity contribution in [3.8, 4) is 0 Å². The number of amides is 1. The number of carbonyl (C=O) groups excluding carboxylic acids is 1. The van der Waals surface area contributed by atoms with Crippen LogP contribution in [-0.4, -0.2) is 16.9 Å². The molecule has 1 heterocycles. The lowest BCUT2D eigenvalue weighted by Gasteiger charge is -2.27. The maximum atomic E-state index is 11.9. The Hall–Kier alpha value is -1.42. The van der Waals surface area contributed by atoms with Gasteiger partial charge < -0.3 is 11.1 Å². The van der Waals surface area contributed by atoms with Crippen molar-refractivity contribution in [2.45, 2.75) is 45.1 Å². The molecule has 1 fully saturated rings. The molecular formula is C14H21N3O. The van der Waals surface area contributed by atoms with Crippen molar-refractivity contribution in [1.29, 1.82) is 0 Å². The average molecular weight is 247 g/mol. The van der Waals surface area contributed by atoms with Crippen LogP contribution in [0.2, 0.25) is 0 Å². The molecule has 0 aromatic carbocycles. The third-order valence-corrected chi connectivity index (χ3v) is 3.60. The van der Waals surface area contributed by atoms with Crippen LogP contribution >= 0.6 is 0 Å². The van der Waals surface area contributed by atoms with E-state index in [4.69, 9.17) is 5.73 Å². The number of hydrogen-bond acceptors (Lipinski definition) is 3. The van der Waals surface area contributed by atoms with Crippen molar-refractivity contribution in [1.82, 2.24) is 4.98 Å². The maximum Gasteiger partial charge on any atom is 0.225 e. The first-order chi connectivity index (χ1) is 8.65. The summed E-state index contributed by atoms with van der Waals surface area (Å²) in [6.07, 6.45) is 6.71. The molecule has 1 aromatic rings. The van der Waals surface area contributed by atoms with Crippen LogP contribution in [0.25, 0.3) is 0 Å². The second-order valence-corrected chi connectivity index (χ2v) is 5.18. The molecule has 18 heavy (non-hydrogen) atoms. The first-order valence-electron chi connectivity index (χ1n) is 6.63. The quantitative estimate of drug-likeness (QED) is 0.860. The molecule has 4 heteroatoms. The number of nitrogens with two attached hydrogens (primary N) is 1. The topological polar surface area (TPSA) is 68.0 Å². The van der Waals surface area contributed by atoms with Crippen LogP contribution in [0.5, 0.6) is 0 Å². The molecule has 2 rings (SSSR count).